The first-order chi connectivity index (χ1) is 9.04. The Morgan fingerprint density at radius 1 is 1.32 bits per heavy atom. The zero-order chi connectivity index (χ0) is 14.0. The highest BCUT2D eigenvalue weighted by Gasteiger charge is 2.18. The van der Waals surface area contributed by atoms with Gasteiger partial charge in [0, 0.05) is 23.5 Å². The van der Waals surface area contributed by atoms with Crippen LogP contribution in [0.15, 0.2) is 18.2 Å². The molecule has 1 atom stereocenters. The van der Waals surface area contributed by atoms with Crippen molar-refractivity contribution in [1.82, 2.24) is 14.9 Å². The van der Waals surface area contributed by atoms with Crippen molar-refractivity contribution in [1.29, 1.82) is 0 Å². The Morgan fingerprint density at radius 2 is 2.05 bits per heavy atom. The number of hydrogen-bond donors (Lipinski definition) is 1. The maximum atomic E-state index is 6.11. The molecule has 0 bridgehead atoms. The van der Waals surface area contributed by atoms with E-state index in [0.717, 1.165) is 35.0 Å². The maximum Gasteiger partial charge on any atom is 0.114 e. The van der Waals surface area contributed by atoms with Crippen molar-refractivity contribution in [2.24, 2.45) is 0 Å². The summed E-state index contributed by atoms with van der Waals surface area (Å²) in [4.78, 5) is 4.79. The van der Waals surface area contributed by atoms with Crippen LogP contribution in [0.3, 0.4) is 0 Å². The fourth-order valence-electron chi connectivity index (χ4n) is 2.43. The van der Waals surface area contributed by atoms with Crippen LogP contribution in [0, 0.1) is 0 Å². The van der Waals surface area contributed by atoms with Crippen molar-refractivity contribution in [2.45, 2.75) is 39.7 Å². The van der Waals surface area contributed by atoms with Gasteiger partial charge in [-0.05, 0) is 38.6 Å². The molecule has 4 heteroatoms. The van der Waals surface area contributed by atoms with Gasteiger partial charge in [0.2, 0.25) is 0 Å². The number of halogens is 1. The van der Waals surface area contributed by atoms with Gasteiger partial charge >= 0.3 is 0 Å². The molecule has 0 radical (unpaired) electrons. The third kappa shape index (κ3) is 2.93. The molecule has 0 fully saturated rings. The molecular weight excluding hydrogens is 258 g/mol. The summed E-state index contributed by atoms with van der Waals surface area (Å²) in [7, 11) is 0. The lowest BCUT2D eigenvalue weighted by Gasteiger charge is -2.17. The summed E-state index contributed by atoms with van der Waals surface area (Å²) in [6.07, 6.45) is 0. The molecule has 0 amide bonds. The monoisotopic (exact) mass is 279 g/mol. The molecule has 0 aliphatic carbocycles. The minimum atomic E-state index is 0.377. The normalized spacial score (nSPS) is 13.4. The first kappa shape index (κ1) is 14.4. The van der Waals surface area contributed by atoms with E-state index in [1.54, 1.807) is 0 Å². The highest BCUT2D eigenvalue weighted by Crippen LogP contribution is 2.27. The topological polar surface area (TPSA) is 29.9 Å². The van der Waals surface area contributed by atoms with Gasteiger partial charge in [-0.3, -0.25) is 0 Å². The summed E-state index contributed by atoms with van der Waals surface area (Å²) in [6, 6.07) is 6.29. The Kier molecular flexibility index (Phi) is 4.48. The summed E-state index contributed by atoms with van der Waals surface area (Å²) >= 11 is 6.11. The molecule has 2 rings (SSSR count). The molecule has 0 aliphatic heterocycles. The van der Waals surface area contributed by atoms with E-state index in [1.165, 1.54) is 0 Å². The highest BCUT2D eigenvalue weighted by molar-refractivity contribution is 6.31. The van der Waals surface area contributed by atoms with E-state index in [4.69, 9.17) is 16.6 Å². The van der Waals surface area contributed by atoms with Gasteiger partial charge in [-0.15, -0.1) is 0 Å². The summed E-state index contributed by atoms with van der Waals surface area (Å²) in [5, 5.41) is 4.15. The first-order valence-corrected chi connectivity index (χ1v) is 7.30. The standard InChI is InChI=1S/C15H22ClN3/c1-5-17-9-11(4)15-18-13-7-6-12(16)8-14(13)19(15)10(2)3/h6-8,10-11,17H,5,9H2,1-4H3. The molecule has 0 aliphatic rings. The molecule has 1 heterocycles. The summed E-state index contributed by atoms with van der Waals surface area (Å²) < 4.78 is 2.29. The number of hydrogen-bond acceptors (Lipinski definition) is 2. The quantitative estimate of drug-likeness (QED) is 0.897. The molecule has 2 aromatic rings. The van der Waals surface area contributed by atoms with Gasteiger partial charge in [-0.25, -0.2) is 4.98 Å². The van der Waals surface area contributed by atoms with E-state index < -0.39 is 0 Å². The van der Waals surface area contributed by atoms with E-state index in [-0.39, 0.29) is 0 Å². The van der Waals surface area contributed by atoms with E-state index in [0.29, 0.717) is 12.0 Å². The number of aromatic nitrogens is 2. The van der Waals surface area contributed by atoms with E-state index in [9.17, 15) is 0 Å². The average molecular weight is 280 g/mol. The predicted molar refractivity (Wildman–Crippen MR) is 82.1 cm³/mol. The number of imidazole rings is 1. The lowest BCUT2D eigenvalue weighted by atomic mass is 10.1. The molecule has 0 spiro atoms. The zero-order valence-electron chi connectivity index (χ0n) is 12.1. The molecule has 0 saturated carbocycles. The molecule has 104 valence electrons. The van der Waals surface area contributed by atoms with E-state index in [2.05, 4.69) is 37.6 Å². The SMILES string of the molecule is CCNCC(C)c1nc2ccc(Cl)cc2n1C(C)C. The van der Waals surface area contributed by atoms with Crippen molar-refractivity contribution in [2.75, 3.05) is 13.1 Å². The van der Waals surface area contributed by atoms with E-state index >= 15 is 0 Å². The number of likely N-dealkylation sites (N-methyl/N-ethyl adjacent to an activating group) is 1. The zero-order valence-corrected chi connectivity index (χ0v) is 12.8. The Morgan fingerprint density at radius 3 is 2.68 bits per heavy atom. The molecule has 3 nitrogen and oxygen atoms in total. The lowest BCUT2D eigenvalue weighted by Crippen LogP contribution is -2.22. The maximum absolute atomic E-state index is 6.11. The van der Waals surface area contributed by atoms with Crippen LogP contribution in [-0.2, 0) is 0 Å². The van der Waals surface area contributed by atoms with Gasteiger partial charge in [0.1, 0.15) is 5.82 Å². The van der Waals surface area contributed by atoms with Crippen LogP contribution in [0.4, 0.5) is 0 Å². The summed E-state index contributed by atoms with van der Waals surface area (Å²) in [5.41, 5.74) is 2.15. The largest absolute Gasteiger partial charge is 0.325 e. The minimum absolute atomic E-state index is 0.377. The molecular formula is C15H22ClN3. The second kappa shape index (κ2) is 5.93. The van der Waals surface area contributed by atoms with Crippen LogP contribution in [0.2, 0.25) is 5.02 Å². The molecule has 0 saturated heterocycles. The van der Waals surface area contributed by atoms with Crippen LogP contribution < -0.4 is 5.32 Å². The molecule has 1 aromatic heterocycles. The number of rotatable bonds is 5. The molecule has 19 heavy (non-hydrogen) atoms. The van der Waals surface area contributed by atoms with Crippen LogP contribution in [0.25, 0.3) is 11.0 Å². The van der Waals surface area contributed by atoms with Crippen molar-refractivity contribution in [3.63, 3.8) is 0 Å². The Bertz CT molecular complexity index is 560. The van der Waals surface area contributed by atoms with Crippen LogP contribution >= 0.6 is 11.6 Å². The summed E-state index contributed by atoms with van der Waals surface area (Å²) in [5.74, 6) is 1.52. The van der Waals surface area contributed by atoms with Crippen LogP contribution in [-0.4, -0.2) is 22.6 Å². The minimum Gasteiger partial charge on any atom is -0.325 e. The smallest absolute Gasteiger partial charge is 0.114 e. The molecule has 1 unspecified atom stereocenters. The van der Waals surface area contributed by atoms with Crippen LogP contribution in [0.5, 0.6) is 0 Å². The molecule has 1 aromatic carbocycles. The van der Waals surface area contributed by atoms with Gasteiger partial charge in [0.05, 0.1) is 11.0 Å². The number of nitrogens with zero attached hydrogens (tertiary/aromatic N) is 2. The third-order valence-corrected chi connectivity index (χ3v) is 3.57. The van der Waals surface area contributed by atoms with Gasteiger partial charge in [-0.1, -0.05) is 25.4 Å². The molecule has 1 N–H and O–H groups in total. The fraction of sp³-hybridized carbons (Fsp3) is 0.533. The van der Waals surface area contributed by atoms with Crippen molar-refractivity contribution in [3.8, 4) is 0 Å². The van der Waals surface area contributed by atoms with Gasteiger partial charge < -0.3 is 9.88 Å². The van der Waals surface area contributed by atoms with Crippen molar-refractivity contribution in [3.05, 3.63) is 29.0 Å². The van der Waals surface area contributed by atoms with Crippen molar-refractivity contribution >= 4 is 22.6 Å². The third-order valence-electron chi connectivity index (χ3n) is 3.34. The van der Waals surface area contributed by atoms with Gasteiger partial charge in [-0.2, -0.15) is 0 Å². The summed E-state index contributed by atoms with van der Waals surface area (Å²) in [6.45, 7) is 10.6. The average Bonchev–Trinajstić information content (AvgIpc) is 2.74. The van der Waals surface area contributed by atoms with Gasteiger partial charge in [0.25, 0.3) is 0 Å². The number of fused-ring (bicyclic) bond motifs is 1. The highest BCUT2D eigenvalue weighted by atomic mass is 35.5. The fourth-order valence-corrected chi connectivity index (χ4v) is 2.59. The lowest BCUT2D eigenvalue weighted by molar-refractivity contribution is 0.530. The van der Waals surface area contributed by atoms with Gasteiger partial charge in [0.15, 0.2) is 0 Å². The second-order valence-electron chi connectivity index (χ2n) is 5.28. The first-order valence-electron chi connectivity index (χ1n) is 6.92. The Labute approximate surface area is 120 Å². The van der Waals surface area contributed by atoms with Crippen molar-refractivity contribution < 1.29 is 0 Å². The Hall–Kier alpha value is -1.06. The number of benzene rings is 1. The number of nitrogens with one attached hydrogen (secondary N) is 1. The Balaban J connectivity index is 2.50. The predicted octanol–water partition coefficient (Wildman–Crippen LogP) is 3.98. The van der Waals surface area contributed by atoms with Crippen LogP contribution in [0.1, 0.15) is 45.5 Å². The second-order valence-corrected chi connectivity index (χ2v) is 5.71. The van der Waals surface area contributed by atoms with E-state index in [1.807, 2.05) is 18.2 Å².